The zero-order valence-electron chi connectivity index (χ0n) is 39.0. The number of aryl methyl sites for hydroxylation is 2. The monoisotopic (exact) mass is 910 g/mol. The lowest BCUT2D eigenvalue weighted by molar-refractivity contribution is -0.137. The number of aromatic nitrogens is 4. The van der Waals surface area contributed by atoms with Crippen LogP contribution in [-0.4, -0.2) is 107 Å². The summed E-state index contributed by atoms with van der Waals surface area (Å²) in [5, 5.41) is 5.36. The zero-order chi connectivity index (χ0) is 47.1. The molecule has 67 heavy (non-hydrogen) atoms. The minimum Gasteiger partial charge on any atom is -0.453 e. The lowest BCUT2D eigenvalue weighted by Gasteiger charge is -2.28. The first-order valence-corrected chi connectivity index (χ1v) is 23.0. The average Bonchev–Trinajstić information content (AvgIpc) is 4.16. The summed E-state index contributed by atoms with van der Waals surface area (Å²) in [5.74, 6) is 0.604. The Hall–Kier alpha value is -6.78. The third-order valence-corrected chi connectivity index (χ3v) is 13.5. The highest BCUT2D eigenvalue weighted by atomic mass is 16.5. The lowest BCUT2D eigenvalue weighted by atomic mass is 9.84. The predicted molar refractivity (Wildman–Crippen MR) is 252 cm³/mol. The standard InChI is InChI=1S/C51H58N8O8/c1-27(2)44(56-50(62)64-6)48(60)58-25-66-23-42(58)46-52-38-16-14-34(21-40(38)54-46)36-19-30-8-10-31-12-13-32(29(5)18-33(36)11-9-30)20-37(31)35-15-17-39-41(22-35)55-47(53-39)43-24-67-26-59(43)49(61)45(28(3)4)57-51(63)65-7/h9,11-17,19-22,27-29,42-45H,8,10,18,23-26H2,1-7H3,(H,52,54)(H,53,55)(H,56,62)(H,57,63)/t29-,42+,43+,44+,45+/m1/s1. The Morgan fingerprint density at radius 1 is 0.657 bits per heavy atom. The van der Waals surface area contributed by atoms with Crippen LogP contribution in [0.3, 0.4) is 0 Å². The van der Waals surface area contributed by atoms with E-state index in [-0.39, 0.29) is 56.2 Å². The summed E-state index contributed by atoms with van der Waals surface area (Å²) >= 11 is 0. The van der Waals surface area contributed by atoms with Crippen molar-refractivity contribution in [2.75, 3.05) is 40.9 Å². The van der Waals surface area contributed by atoms with Crippen LogP contribution in [0.1, 0.15) is 86.5 Å². The number of ether oxygens (including phenoxy) is 4. The van der Waals surface area contributed by atoms with Crippen molar-refractivity contribution in [3.8, 4) is 22.3 Å². The highest BCUT2D eigenvalue weighted by Gasteiger charge is 2.40. The molecule has 0 spiro atoms. The van der Waals surface area contributed by atoms with E-state index >= 15 is 0 Å². The fraction of sp³-hybridized carbons (Fsp3) is 0.412. The average molecular weight is 911 g/mol. The van der Waals surface area contributed by atoms with Gasteiger partial charge in [0.1, 0.15) is 49.3 Å². The second kappa shape index (κ2) is 18.8. The van der Waals surface area contributed by atoms with Crippen LogP contribution in [0.25, 0.3) is 44.3 Å². The molecule has 16 heteroatoms. The fourth-order valence-electron chi connectivity index (χ4n) is 9.58. The van der Waals surface area contributed by atoms with Gasteiger partial charge in [0.15, 0.2) is 0 Å². The number of benzene rings is 4. The molecule has 12 rings (SSSR count). The summed E-state index contributed by atoms with van der Waals surface area (Å²) in [4.78, 5) is 71.8. The lowest BCUT2D eigenvalue weighted by Crippen LogP contribution is -2.51. The molecular formula is C51H58N8O8. The molecule has 2 saturated heterocycles. The number of carbonyl (C=O) groups is 4. The van der Waals surface area contributed by atoms with E-state index < -0.39 is 36.4 Å². The van der Waals surface area contributed by atoms with Crippen molar-refractivity contribution in [1.29, 1.82) is 0 Å². The number of hydrogen-bond acceptors (Lipinski definition) is 10. The van der Waals surface area contributed by atoms with Gasteiger partial charge in [-0.25, -0.2) is 19.6 Å². The van der Waals surface area contributed by atoms with E-state index in [1.807, 2.05) is 39.8 Å². The van der Waals surface area contributed by atoms with Crippen LogP contribution < -0.4 is 10.6 Å². The SMILES string of the molecule is COC(=O)N[C@H](C(=O)N1COC[C@H]1c1nc2ccc(-c3cc4ccc3CCc3ccc(c(-c5ccc6nc([C@@H]7COCN7C(=O)[C@@H](NC(=O)OC)C(C)C)[nH]c6c5)c3)C[C@H]4C)cc2[nH]1)C(C)C. The smallest absolute Gasteiger partial charge is 0.407 e. The summed E-state index contributed by atoms with van der Waals surface area (Å²) in [6.45, 7) is 10.5. The first-order valence-electron chi connectivity index (χ1n) is 23.0. The maximum Gasteiger partial charge on any atom is 0.407 e. The molecular weight excluding hydrogens is 853 g/mol. The van der Waals surface area contributed by atoms with Crippen molar-refractivity contribution >= 4 is 46.1 Å². The first kappa shape index (κ1) is 45.4. The number of imidazole rings is 2. The number of H-pyrrole nitrogens is 2. The van der Waals surface area contributed by atoms with Crippen LogP contribution in [0.2, 0.25) is 0 Å². The van der Waals surface area contributed by atoms with Gasteiger partial charge < -0.3 is 49.3 Å². The van der Waals surface area contributed by atoms with Crippen LogP contribution in [0, 0.1) is 11.8 Å². The van der Waals surface area contributed by atoms with Crippen molar-refractivity contribution in [2.24, 2.45) is 11.8 Å². The quantitative estimate of drug-likeness (QED) is 0.106. The minimum atomic E-state index is -0.778. The third-order valence-electron chi connectivity index (χ3n) is 13.5. The molecule has 4 aliphatic carbocycles. The molecule has 16 nitrogen and oxygen atoms in total. The van der Waals surface area contributed by atoms with Crippen LogP contribution in [0.15, 0.2) is 72.8 Å². The van der Waals surface area contributed by atoms with Gasteiger partial charge in [0, 0.05) is 0 Å². The summed E-state index contributed by atoms with van der Waals surface area (Å²) in [5.41, 5.74) is 12.8. The van der Waals surface area contributed by atoms with Crippen molar-refractivity contribution in [1.82, 2.24) is 40.4 Å². The molecule has 6 aliphatic rings. The van der Waals surface area contributed by atoms with Crippen molar-refractivity contribution < 1.29 is 38.1 Å². The number of nitrogens with zero attached hydrogens (tertiary/aromatic N) is 4. The normalized spacial score (nSPS) is 19.2. The number of amides is 4. The van der Waals surface area contributed by atoms with Crippen LogP contribution in [0.5, 0.6) is 0 Å². The Morgan fingerprint density at radius 3 is 1.67 bits per heavy atom. The van der Waals surface area contributed by atoms with Gasteiger partial charge in [0.05, 0.1) is 49.5 Å². The fourth-order valence-corrected chi connectivity index (χ4v) is 9.58. The Bertz CT molecular complexity index is 2850. The van der Waals surface area contributed by atoms with Crippen LogP contribution in [0.4, 0.5) is 9.59 Å². The maximum absolute atomic E-state index is 13.7. The number of methoxy groups -OCH3 is 2. The molecule has 4 bridgehead atoms. The Kier molecular flexibility index (Phi) is 12.8. The van der Waals surface area contributed by atoms with Gasteiger partial charge in [0.25, 0.3) is 0 Å². The van der Waals surface area contributed by atoms with Gasteiger partial charge in [-0.3, -0.25) is 9.59 Å². The molecule has 4 N–H and O–H groups in total. The summed E-state index contributed by atoms with van der Waals surface area (Å²) in [6, 6.07) is 23.9. The van der Waals surface area contributed by atoms with E-state index in [1.165, 1.54) is 47.6 Å². The molecule has 4 aromatic carbocycles. The van der Waals surface area contributed by atoms with Crippen molar-refractivity contribution in [3.63, 3.8) is 0 Å². The molecule has 0 unspecified atom stereocenters. The first-order chi connectivity index (χ1) is 32.3. The van der Waals surface area contributed by atoms with E-state index in [0.29, 0.717) is 11.6 Å². The topological polar surface area (TPSA) is 193 Å². The number of carbonyl (C=O) groups excluding carboxylic acids is 4. The molecule has 4 amide bonds. The number of hydrogen-bond donors (Lipinski definition) is 4. The Labute approximate surface area is 389 Å². The molecule has 350 valence electrons. The Morgan fingerprint density at radius 2 is 1.16 bits per heavy atom. The van der Waals surface area contributed by atoms with E-state index in [1.54, 1.807) is 9.80 Å². The summed E-state index contributed by atoms with van der Waals surface area (Å²) < 4.78 is 21.2. The molecule has 6 aromatic rings. The number of alkyl carbamates (subject to hydrolysis) is 2. The predicted octanol–water partition coefficient (Wildman–Crippen LogP) is 7.69. The maximum atomic E-state index is 13.7. The molecule has 0 saturated carbocycles. The van der Waals surface area contributed by atoms with Crippen LogP contribution in [-0.2, 0) is 47.8 Å². The molecule has 5 atom stereocenters. The van der Waals surface area contributed by atoms with Gasteiger partial charge in [-0.1, -0.05) is 83.1 Å². The minimum absolute atomic E-state index is 0.0936. The van der Waals surface area contributed by atoms with E-state index in [9.17, 15) is 19.2 Å². The molecule has 0 radical (unpaired) electrons. The van der Waals surface area contributed by atoms with Gasteiger partial charge in [-0.05, 0) is 106 Å². The number of fused-ring (bicyclic) bond motifs is 2. The molecule has 2 fully saturated rings. The number of aromatic amines is 2. The summed E-state index contributed by atoms with van der Waals surface area (Å²) in [7, 11) is 2.56. The third kappa shape index (κ3) is 9.07. The van der Waals surface area contributed by atoms with Gasteiger partial charge in [0.2, 0.25) is 11.8 Å². The van der Waals surface area contributed by atoms with Gasteiger partial charge in [-0.15, -0.1) is 0 Å². The van der Waals surface area contributed by atoms with E-state index in [2.05, 4.69) is 88.2 Å². The van der Waals surface area contributed by atoms with E-state index in [4.69, 9.17) is 28.9 Å². The second-order valence-corrected chi connectivity index (χ2v) is 18.6. The number of rotatable bonds is 10. The van der Waals surface area contributed by atoms with Gasteiger partial charge in [-0.2, -0.15) is 0 Å². The highest BCUT2D eigenvalue weighted by molar-refractivity contribution is 5.88. The van der Waals surface area contributed by atoms with Crippen molar-refractivity contribution in [3.05, 3.63) is 107 Å². The largest absolute Gasteiger partial charge is 0.453 e. The number of nitrogens with one attached hydrogen (secondary N) is 4. The van der Waals surface area contributed by atoms with Gasteiger partial charge >= 0.3 is 12.2 Å². The van der Waals surface area contributed by atoms with Crippen LogP contribution >= 0.6 is 0 Å². The summed E-state index contributed by atoms with van der Waals surface area (Å²) in [6.07, 6.45) is 1.17. The molecule has 2 aromatic heterocycles. The van der Waals surface area contributed by atoms with Crippen molar-refractivity contribution in [2.45, 2.75) is 84.0 Å². The van der Waals surface area contributed by atoms with E-state index in [0.717, 1.165) is 52.5 Å². The molecule has 2 aliphatic heterocycles. The highest BCUT2D eigenvalue weighted by Crippen LogP contribution is 2.38. The second-order valence-electron chi connectivity index (χ2n) is 18.6. The Balaban J connectivity index is 0.958. The molecule has 4 heterocycles. The zero-order valence-corrected chi connectivity index (χ0v) is 39.0.